The zero-order valence-electron chi connectivity index (χ0n) is 8.23. The van der Waals surface area contributed by atoms with Crippen LogP contribution >= 0.6 is 10.8 Å². The zero-order chi connectivity index (χ0) is 11.1. The lowest BCUT2D eigenvalue weighted by Crippen LogP contribution is -2.18. The van der Waals surface area contributed by atoms with Crippen LogP contribution in [0.1, 0.15) is 13.3 Å². The average Bonchev–Trinajstić information content (AvgIpc) is 2.02. The minimum absolute atomic E-state index is 0.0646. The number of carbonyl (C=O) groups is 2. The summed E-state index contributed by atoms with van der Waals surface area (Å²) in [5, 5.41) is 17.0. The van der Waals surface area contributed by atoms with E-state index in [1.165, 1.54) is 10.8 Å². The molecular formula is C8H15O4S2+. The molecule has 0 spiro atoms. The van der Waals surface area contributed by atoms with Crippen LogP contribution in [0.5, 0.6) is 0 Å². The molecular weight excluding hydrogens is 224 g/mol. The number of carboxylic acids is 2. The molecule has 0 aromatic rings. The van der Waals surface area contributed by atoms with Crippen molar-refractivity contribution in [2.45, 2.75) is 13.3 Å². The summed E-state index contributed by atoms with van der Waals surface area (Å²) in [6.45, 7) is 1.67. The van der Waals surface area contributed by atoms with Crippen molar-refractivity contribution in [3.63, 3.8) is 0 Å². The van der Waals surface area contributed by atoms with Crippen molar-refractivity contribution >= 4 is 32.7 Å². The van der Waals surface area contributed by atoms with Gasteiger partial charge in [0.15, 0.2) is 0 Å². The average molecular weight is 239 g/mol. The van der Waals surface area contributed by atoms with Crippen molar-refractivity contribution in [1.29, 1.82) is 0 Å². The highest BCUT2D eigenvalue weighted by atomic mass is 33.1. The third-order valence-electron chi connectivity index (χ3n) is 1.51. The Morgan fingerprint density at radius 2 is 2.00 bits per heavy atom. The van der Waals surface area contributed by atoms with E-state index in [-0.39, 0.29) is 22.3 Å². The van der Waals surface area contributed by atoms with E-state index in [1.54, 1.807) is 6.92 Å². The lowest BCUT2D eigenvalue weighted by Gasteiger charge is -2.04. The van der Waals surface area contributed by atoms with Crippen molar-refractivity contribution in [3.05, 3.63) is 0 Å². The molecule has 0 aliphatic rings. The first-order valence-electron chi connectivity index (χ1n) is 4.14. The molecule has 0 heterocycles. The summed E-state index contributed by atoms with van der Waals surface area (Å²) in [7, 11) is 1.47. The highest BCUT2D eigenvalue weighted by Gasteiger charge is 2.22. The van der Waals surface area contributed by atoms with Gasteiger partial charge in [0.25, 0.3) is 0 Å². The van der Waals surface area contributed by atoms with E-state index in [0.717, 1.165) is 0 Å². The van der Waals surface area contributed by atoms with E-state index < -0.39 is 11.9 Å². The second-order valence-corrected chi connectivity index (χ2v) is 7.48. The van der Waals surface area contributed by atoms with E-state index in [0.29, 0.717) is 11.5 Å². The highest BCUT2D eigenvalue weighted by Crippen LogP contribution is 2.17. The van der Waals surface area contributed by atoms with Crippen molar-refractivity contribution in [2.75, 3.05) is 17.8 Å². The smallest absolute Gasteiger partial charge is 0.311 e. The van der Waals surface area contributed by atoms with Gasteiger partial charge < -0.3 is 10.2 Å². The second kappa shape index (κ2) is 7.00. The van der Waals surface area contributed by atoms with Crippen LogP contribution in [-0.4, -0.2) is 39.9 Å². The predicted molar refractivity (Wildman–Crippen MR) is 59.7 cm³/mol. The molecule has 0 aromatic heterocycles. The Morgan fingerprint density at radius 3 is 2.43 bits per heavy atom. The Balaban J connectivity index is 3.59. The van der Waals surface area contributed by atoms with Gasteiger partial charge in [0.2, 0.25) is 0 Å². The molecule has 0 aliphatic carbocycles. The molecule has 82 valence electrons. The summed E-state index contributed by atoms with van der Waals surface area (Å²) in [6.07, 6.45) is 2.09. The van der Waals surface area contributed by atoms with Crippen molar-refractivity contribution in [2.24, 2.45) is 5.92 Å². The van der Waals surface area contributed by atoms with Crippen molar-refractivity contribution < 1.29 is 19.8 Å². The molecule has 0 rings (SSSR count). The maximum atomic E-state index is 10.5. The molecule has 6 heteroatoms. The van der Waals surface area contributed by atoms with Crippen LogP contribution < -0.4 is 0 Å². The first kappa shape index (κ1) is 13.6. The van der Waals surface area contributed by atoms with Crippen LogP contribution in [0, 0.1) is 5.92 Å². The highest BCUT2D eigenvalue weighted by molar-refractivity contribution is 8.73. The van der Waals surface area contributed by atoms with Crippen LogP contribution in [0.4, 0.5) is 0 Å². The molecule has 2 atom stereocenters. The van der Waals surface area contributed by atoms with Gasteiger partial charge in [0.1, 0.15) is 12.0 Å². The Hall–Kier alpha value is -0.360. The van der Waals surface area contributed by atoms with Gasteiger partial charge in [-0.1, -0.05) is 0 Å². The molecule has 0 aliphatic heterocycles. The third-order valence-corrected chi connectivity index (χ3v) is 5.36. The molecule has 0 saturated carbocycles. The molecule has 0 fully saturated rings. The van der Waals surface area contributed by atoms with E-state index in [1.807, 2.05) is 6.26 Å². The Bertz CT molecular complexity index is 208. The van der Waals surface area contributed by atoms with Gasteiger partial charge in [0.05, 0.1) is 38.8 Å². The molecule has 0 saturated heterocycles. The standard InChI is InChI=1S/C8H14O4S2/c1-6(8(11)12)5-14(2)13-4-3-7(9)10/h6H,3-5H2,1-2H3,(H-,9,10,11,12)/p+1. The summed E-state index contributed by atoms with van der Waals surface area (Å²) in [4.78, 5) is 20.7. The van der Waals surface area contributed by atoms with Gasteiger partial charge in [-0.25, -0.2) is 0 Å². The fourth-order valence-electron chi connectivity index (χ4n) is 0.743. The van der Waals surface area contributed by atoms with Crippen LogP contribution in [0.25, 0.3) is 0 Å². The van der Waals surface area contributed by atoms with Crippen LogP contribution in [0.2, 0.25) is 0 Å². The quantitative estimate of drug-likeness (QED) is 0.513. The second-order valence-electron chi connectivity index (χ2n) is 2.94. The molecule has 2 N–H and O–H groups in total. The van der Waals surface area contributed by atoms with Crippen LogP contribution in [0.3, 0.4) is 0 Å². The summed E-state index contributed by atoms with van der Waals surface area (Å²) in [5.74, 6) is -0.773. The SMILES string of the molecule is CC(C[S+](C)SCCC(=O)O)C(=O)O. The van der Waals surface area contributed by atoms with E-state index >= 15 is 0 Å². The topological polar surface area (TPSA) is 74.6 Å². The molecule has 0 aromatic carbocycles. The predicted octanol–water partition coefficient (Wildman–Crippen LogP) is 1.08. The number of hydrogen-bond donors (Lipinski definition) is 2. The van der Waals surface area contributed by atoms with E-state index in [4.69, 9.17) is 10.2 Å². The van der Waals surface area contributed by atoms with Crippen molar-refractivity contribution in [3.8, 4) is 0 Å². The first-order valence-corrected chi connectivity index (χ1v) is 7.44. The normalized spacial score (nSPS) is 14.7. The van der Waals surface area contributed by atoms with Gasteiger partial charge in [-0.3, -0.25) is 9.59 Å². The fraction of sp³-hybridized carbons (Fsp3) is 0.750. The number of aliphatic carboxylic acids is 2. The number of rotatable bonds is 7. The monoisotopic (exact) mass is 239 g/mol. The molecule has 4 nitrogen and oxygen atoms in total. The zero-order valence-corrected chi connectivity index (χ0v) is 9.86. The van der Waals surface area contributed by atoms with Gasteiger partial charge in [0, 0.05) is 0 Å². The third kappa shape index (κ3) is 7.08. The Morgan fingerprint density at radius 1 is 1.43 bits per heavy atom. The van der Waals surface area contributed by atoms with Gasteiger partial charge in [-0.05, 0) is 6.92 Å². The first-order chi connectivity index (χ1) is 6.43. The van der Waals surface area contributed by atoms with Crippen LogP contribution in [0.15, 0.2) is 0 Å². The van der Waals surface area contributed by atoms with Crippen LogP contribution in [-0.2, 0) is 19.5 Å². The minimum atomic E-state index is -0.805. The maximum absolute atomic E-state index is 10.5. The summed E-state index contributed by atoms with van der Waals surface area (Å²) in [5.41, 5.74) is 0. The molecule has 0 radical (unpaired) electrons. The van der Waals surface area contributed by atoms with E-state index in [2.05, 4.69) is 0 Å². The molecule has 0 amide bonds. The molecule has 2 unspecified atom stereocenters. The van der Waals surface area contributed by atoms with Crippen molar-refractivity contribution in [1.82, 2.24) is 0 Å². The van der Waals surface area contributed by atoms with Gasteiger partial charge >= 0.3 is 11.9 Å². The van der Waals surface area contributed by atoms with Gasteiger partial charge in [-0.2, -0.15) is 0 Å². The Labute approximate surface area is 89.8 Å². The lowest BCUT2D eigenvalue weighted by molar-refractivity contribution is -0.140. The number of carboxylic acid groups (broad SMARTS) is 2. The largest absolute Gasteiger partial charge is 0.481 e. The van der Waals surface area contributed by atoms with Gasteiger partial charge in [-0.15, -0.1) is 0 Å². The fourth-order valence-corrected chi connectivity index (χ4v) is 4.23. The molecule has 0 bridgehead atoms. The summed E-state index contributed by atoms with van der Waals surface area (Å²) < 4.78 is 0. The summed E-state index contributed by atoms with van der Waals surface area (Å²) in [6, 6.07) is 0. The lowest BCUT2D eigenvalue weighted by atomic mass is 10.2. The molecule has 14 heavy (non-hydrogen) atoms. The van der Waals surface area contributed by atoms with E-state index in [9.17, 15) is 9.59 Å². The summed E-state index contributed by atoms with van der Waals surface area (Å²) >= 11 is 0. The maximum Gasteiger partial charge on any atom is 0.311 e. The Kier molecular flexibility index (Phi) is 6.82. The number of hydrogen-bond acceptors (Lipinski definition) is 3. The minimum Gasteiger partial charge on any atom is -0.481 e.